The van der Waals surface area contributed by atoms with Crippen LogP contribution >= 0.6 is 11.8 Å². The number of nitrogens with one attached hydrogen (secondary N) is 1. The lowest BCUT2D eigenvalue weighted by Crippen LogP contribution is -2.51. The number of hydrogen-bond acceptors (Lipinski definition) is 6. The van der Waals surface area contributed by atoms with Crippen molar-refractivity contribution in [1.29, 1.82) is 5.26 Å². The van der Waals surface area contributed by atoms with E-state index in [1.54, 1.807) is 0 Å². The van der Waals surface area contributed by atoms with Crippen molar-refractivity contribution in [2.45, 2.75) is 61.1 Å². The molecule has 1 atom stereocenters. The number of amides is 1. The second-order valence-electron chi connectivity index (χ2n) is 5.68. The van der Waals surface area contributed by atoms with Crippen LogP contribution in [0.2, 0.25) is 0 Å². The highest BCUT2D eigenvalue weighted by Crippen LogP contribution is 2.31. The largest absolute Gasteiger partial charge is 0.453 e. The molecule has 3 N–H and O–H groups in total. The minimum absolute atomic E-state index is 0.223. The summed E-state index contributed by atoms with van der Waals surface area (Å²) in [5.74, 6) is 3.56. The van der Waals surface area contributed by atoms with Crippen LogP contribution in [-0.4, -0.2) is 31.6 Å². The van der Waals surface area contributed by atoms with Gasteiger partial charge in [-0.1, -0.05) is 31.0 Å². The van der Waals surface area contributed by atoms with Crippen molar-refractivity contribution in [3.8, 4) is 6.07 Å². The number of nitrogen functional groups attached to an aromatic ring is 1. The molecule has 1 amide bonds. The molecule has 1 aliphatic rings. The Morgan fingerprint density at radius 3 is 2.54 bits per heavy atom. The van der Waals surface area contributed by atoms with Crippen LogP contribution in [0.25, 0.3) is 0 Å². The maximum Gasteiger partial charge on any atom is 0.453 e. The molecule has 24 heavy (non-hydrogen) atoms. The number of thioether (sulfide) groups is 1. The van der Waals surface area contributed by atoms with Gasteiger partial charge in [0.1, 0.15) is 5.54 Å². The fraction of sp³-hybridized carbons (Fsp3) is 0.692. The minimum Gasteiger partial charge on any atom is -0.337 e. The third-order valence-electron chi connectivity index (χ3n) is 3.85. The molecule has 1 fully saturated rings. The van der Waals surface area contributed by atoms with E-state index in [0.29, 0.717) is 17.5 Å². The van der Waals surface area contributed by atoms with Crippen LogP contribution in [0.4, 0.5) is 13.2 Å². The summed E-state index contributed by atoms with van der Waals surface area (Å²) in [6, 6.07) is 2.15. The van der Waals surface area contributed by atoms with Crippen LogP contribution in [0.3, 0.4) is 0 Å². The van der Waals surface area contributed by atoms with Crippen LogP contribution in [0.15, 0.2) is 5.16 Å². The molecule has 0 spiro atoms. The molecule has 132 valence electrons. The Balaban J connectivity index is 2.04. The van der Waals surface area contributed by atoms with Crippen molar-refractivity contribution >= 4 is 17.7 Å². The van der Waals surface area contributed by atoms with Gasteiger partial charge in [0.25, 0.3) is 5.82 Å². The van der Waals surface area contributed by atoms with Crippen LogP contribution in [-0.2, 0) is 11.0 Å². The van der Waals surface area contributed by atoms with E-state index in [4.69, 9.17) is 5.84 Å². The van der Waals surface area contributed by atoms with E-state index in [2.05, 4.69) is 21.6 Å². The number of nitriles is 1. The van der Waals surface area contributed by atoms with E-state index in [1.165, 1.54) is 6.92 Å². The minimum atomic E-state index is -4.72. The molecule has 0 saturated heterocycles. The number of aromatic nitrogens is 3. The van der Waals surface area contributed by atoms with Crippen LogP contribution in [0, 0.1) is 11.3 Å². The Morgan fingerprint density at radius 2 is 2.04 bits per heavy atom. The van der Waals surface area contributed by atoms with Crippen molar-refractivity contribution in [3.05, 3.63) is 5.82 Å². The molecule has 0 bridgehead atoms. The lowest BCUT2D eigenvalue weighted by molar-refractivity contribution is -0.146. The lowest BCUT2D eigenvalue weighted by atomic mass is 9.83. The van der Waals surface area contributed by atoms with Gasteiger partial charge in [0.05, 0.1) is 11.3 Å². The molecule has 11 heteroatoms. The first-order valence-corrected chi connectivity index (χ1v) is 8.24. The van der Waals surface area contributed by atoms with Gasteiger partial charge >= 0.3 is 6.18 Å². The van der Waals surface area contributed by atoms with Crippen molar-refractivity contribution in [3.63, 3.8) is 0 Å². The highest BCUT2D eigenvalue weighted by molar-refractivity contribution is 8.00. The number of hydrogen-bond donors (Lipinski definition) is 2. The van der Waals surface area contributed by atoms with Gasteiger partial charge in [0.2, 0.25) is 11.1 Å². The SMILES string of the molecule is C[C@H](Sc1nnc(C(F)(F)F)n1N)C(=O)NC1(C#N)CCCCC1. The van der Waals surface area contributed by atoms with Crippen molar-refractivity contribution in [1.82, 2.24) is 20.2 Å². The van der Waals surface area contributed by atoms with Gasteiger partial charge in [-0.15, -0.1) is 10.2 Å². The molecular formula is C13H17F3N6OS. The van der Waals surface area contributed by atoms with Crippen LogP contribution < -0.4 is 11.2 Å². The molecule has 0 aliphatic heterocycles. The summed E-state index contributed by atoms with van der Waals surface area (Å²) in [5, 5.41) is 17.5. The fourth-order valence-corrected chi connectivity index (χ4v) is 3.29. The average molecular weight is 362 g/mol. The Morgan fingerprint density at radius 1 is 1.42 bits per heavy atom. The summed E-state index contributed by atoms with van der Waals surface area (Å²) < 4.78 is 38.2. The number of carbonyl (C=O) groups is 1. The van der Waals surface area contributed by atoms with Gasteiger partial charge in [-0.3, -0.25) is 4.79 Å². The molecule has 1 aromatic heterocycles. The Hall–Kier alpha value is -1.96. The highest BCUT2D eigenvalue weighted by atomic mass is 32.2. The molecular weight excluding hydrogens is 345 g/mol. The number of carbonyl (C=O) groups excluding carboxylic acids is 1. The zero-order valence-corrected chi connectivity index (χ0v) is 13.7. The molecule has 7 nitrogen and oxygen atoms in total. The predicted molar refractivity (Wildman–Crippen MR) is 80.1 cm³/mol. The molecule has 1 saturated carbocycles. The zero-order valence-electron chi connectivity index (χ0n) is 12.9. The van der Waals surface area contributed by atoms with E-state index in [1.807, 2.05) is 0 Å². The summed E-state index contributed by atoms with van der Waals surface area (Å²) in [7, 11) is 0. The van der Waals surface area contributed by atoms with E-state index >= 15 is 0 Å². The molecule has 0 aromatic carbocycles. The van der Waals surface area contributed by atoms with E-state index in [9.17, 15) is 23.2 Å². The second kappa shape index (κ2) is 6.88. The third kappa shape index (κ3) is 3.92. The number of nitrogens with two attached hydrogens (primary N) is 1. The molecule has 1 heterocycles. The first kappa shape index (κ1) is 18.4. The Kier molecular flexibility index (Phi) is 5.27. The molecule has 0 unspecified atom stereocenters. The molecule has 1 aromatic rings. The standard InChI is InChI=1S/C13H17F3N6OS/c1-8(9(23)19-12(7-17)5-3-2-4-6-12)24-11-21-20-10(22(11)18)13(14,15)16/h8H,2-6,18H2,1H3,(H,19,23)/t8-/m0/s1. The van der Waals surface area contributed by atoms with Crippen molar-refractivity contribution in [2.24, 2.45) is 0 Å². The Labute approximate surface area is 140 Å². The predicted octanol–water partition coefficient (Wildman–Crippen LogP) is 1.83. The van der Waals surface area contributed by atoms with Gasteiger partial charge < -0.3 is 11.2 Å². The van der Waals surface area contributed by atoms with Gasteiger partial charge in [0, 0.05) is 0 Å². The Bertz CT molecular complexity index is 647. The smallest absolute Gasteiger partial charge is 0.337 e. The number of alkyl halides is 3. The molecule has 0 radical (unpaired) electrons. The van der Waals surface area contributed by atoms with E-state index < -0.39 is 28.7 Å². The van der Waals surface area contributed by atoms with Crippen molar-refractivity contribution < 1.29 is 18.0 Å². The van der Waals surface area contributed by atoms with Gasteiger partial charge in [-0.25, -0.2) is 4.68 Å². The normalized spacial score (nSPS) is 18.6. The topological polar surface area (TPSA) is 110 Å². The number of halogens is 3. The summed E-state index contributed by atoms with van der Waals surface area (Å²) in [5.41, 5.74) is -0.905. The van der Waals surface area contributed by atoms with E-state index in [-0.39, 0.29) is 5.16 Å². The maximum atomic E-state index is 12.6. The monoisotopic (exact) mass is 362 g/mol. The average Bonchev–Trinajstić information content (AvgIpc) is 2.89. The van der Waals surface area contributed by atoms with E-state index in [0.717, 1.165) is 31.0 Å². The summed E-state index contributed by atoms with van der Waals surface area (Å²) in [6.07, 6.45) is -0.877. The molecule has 1 aliphatic carbocycles. The zero-order chi connectivity index (χ0) is 18.0. The maximum absolute atomic E-state index is 12.6. The molecule has 2 rings (SSSR count). The summed E-state index contributed by atoms with van der Waals surface area (Å²) in [6.45, 7) is 1.51. The number of nitrogens with zero attached hydrogens (tertiary/aromatic N) is 4. The first-order chi connectivity index (χ1) is 11.2. The van der Waals surface area contributed by atoms with Gasteiger partial charge in [0.15, 0.2) is 0 Å². The summed E-state index contributed by atoms with van der Waals surface area (Å²) >= 11 is 0.756. The van der Waals surface area contributed by atoms with Gasteiger partial charge in [-0.2, -0.15) is 18.4 Å². The first-order valence-electron chi connectivity index (χ1n) is 7.36. The highest BCUT2D eigenvalue weighted by Gasteiger charge is 2.39. The second-order valence-corrected chi connectivity index (χ2v) is 6.99. The van der Waals surface area contributed by atoms with Crippen LogP contribution in [0.1, 0.15) is 44.9 Å². The number of rotatable bonds is 4. The van der Waals surface area contributed by atoms with Crippen LogP contribution in [0.5, 0.6) is 0 Å². The third-order valence-corrected chi connectivity index (χ3v) is 4.91. The van der Waals surface area contributed by atoms with Gasteiger partial charge in [-0.05, 0) is 19.8 Å². The fourth-order valence-electron chi connectivity index (χ4n) is 2.52. The lowest BCUT2D eigenvalue weighted by Gasteiger charge is -2.32. The summed E-state index contributed by atoms with van der Waals surface area (Å²) in [4.78, 5) is 12.3. The quantitative estimate of drug-likeness (QED) is 0.625. The van der Waals surface area contributed by atoms with Crippen molar-refractivity contribution in [2.75, 3.05) is 5.84 Å².